The van der Waals surface area contributed by atoms with E-state index in [1.165, 1.54) is 0 Å². The molecule has 0 heterocycles. The van der Waals surface area contributed by atoms with Gasteiger partial charge in [0.25, 0.3) is 0 Å². The lowest BCUT2D eigenvalue weighted by Crippen LogP contribution is -2.34. The van der Waals surface area contributed by atoms with E-state index in [2.05, 4.69) is 32.4 Å². The van der Waals surface area contributed by atoms with Gasteiger partial charge in [0, 0.05) is 13.1 Å². The zero-order chi connectivity index (χ0) is 15.3. The average Bonchev–Trinajstić information content (AvgIpc) is 2.37. The van der Waals surface area contributed by atoms with E-state index in [9.17, 15) is 8.42 Å². The number of sulfonamides is 1. The van der Waals surface area contributed by atoms with Crippen molar-refractivity contribution in [3.8, 4) is 0 Å². The SMILES string of the molecule is CC(C)C(CNS(=O)(=O)c1ccccc1CN)C(C)C. The first-order valence-corrected chi connectivity index (χ1v) is 8.55. The number of nitrogens with two attached hydrogens (primary N) is 1. The quantitative estimate of drug-likeness (QED) is 0.811. The lowest BCUT2D eigenvalue weighted by Gasteiger charge is -2.25. The van der Waals surface area contributed by atoms with Crippen molar-refractivity contribution in [3.63, 3.8) is 0 Å². The highest BCUT2D eigenvalue weighted by Crippen LogP contribution is 2.21. The van der Waals surface area contributed by atoms with Crippen LogP contribution in [0.3, 0.4) is 0 Å². The monoisotopic (exact) mass is 298 g/mol. The molecule has 0 aliphatic heterocycles. The van der Waals surface area contributed by atoms with Gasteiger partial charge in [-0.25, -0.2) is 13.1 Å². The smallest absolute Gasteiger partial charge is 0.240 e. The van der Waals surface area contributed by atoms with E-state index in [1.54, 1.807) is 24.3 Å². The van der Waals surface area contributed by atoms with Gasteiger partial charge in [-0.2, -0.15) is 0 Å². The van der Waals surface area contributed by atoms with Crippen LogP contribution in [0.2, 0.25) is 0 Å². The summed E-state index contributed by atoms with van der Waals surface area (Å²) in [7, 11) is -3.50. The number of benzene rings is 1. The third-order valence-electron chi connectivity index (χ3n) is 3.70. The molecule has 0 spiro atoms. The molecule has 0 fully saturated rings. The zero-order valence-corrected chi connectivity index (χ0v) is 13.6. The van der Waals surface area contributed by atoms with Crippen LogP contribution >= 0.6 is 0 Å². The minimum atomic E-state index is -3.50. The zero-order valence-electron chi connectivity index (χ0n) is 12.8. The second-order valence-corrected chi connectivity index (χ2v) is 7.55. The van der Waals surface area contributed by atoms with Crippen LogP contribution < -0.4 is 10.5 Å². The third kappa shape index (κ3) is 4.30. The summed E-state index contributed by atoms with van der Waals surface area (Å²) in [6, 6.07) is 6.86. The molecule has 0 unspecified atom stereocenters. The van der Waals surface area contributed by atoms with E-state index in [-0.39, 0.29) is 11.4 Å². The van der Waals surface area contributed by atoms with Crippen molar-refractivity contribution in [1.29, 1.82) is 0 Å². The van der Waals surface area contributed by atoms with Crippen molar-refractivity contribution in [2.24, 2.45) is 23.5 Å². The van der Waals surface area contributed by atoms with Gasteiger partial charge in [-0.3, -0.25) is 0 Å². The molecule has 0 aliphatic rings. The molecule has 0 radical (unpaired) electrons. The molecular formula is C15H26N2O2S. The topological polar surface area (TPSA) is 72.2 Å². The van der Waals surface area contributed by atoms with Gasteiger partial charge in [0.15, 0.2) is 0 Å². The highest BCUT2D eigenvalue weighted by molar-refractivity contribution is 7.89. The van der Waals surface area contributed by atoms with Crippen molar-refractivity contribution < 1.29 is 8.42 Å². The van der Waals surface area contributed by atoms with Crippen LogP contribution in [0.1, 0.15) is 33.3 Å². The van der Waals surface area contributed by atoms with E-state index >= 15 is 0 Å². The molecule has 0 atom stereocenters. The van der Waals surface area contributed by atoms with E-state index in [1.807, 2.05) is 0 Å². The number of rotatable bonds is 7. The molecule has 114 valence electrons. The maximum atomic E-state index is 12.4. The van der Waals surface area contributed by atoms with Crippen LogP contribution in [0.5, 0.6) is 0 Å². The summed E-state index contributed by atoms with van der Waals surface area (Å²) in [4.78, 5) is 0.286. The highest BCUT2D eigenvalue weighted by Gasteiger charge is 2.22. The van der Waals surface area contributed by atoms with Gasteiger partial charge in [-0.1, -0.05) is 45.9 Å². The maximum absolute atomic E-state index is 12.4. The summed E-state index contributed by atoms with van der Waals surface area (Å²) in [5, 5.41) is 0. The molecule has 5 heteroatoms. The average molecular weight is 298 g/mol. The molecule has 1 aromatic rings. The van der Waals surface area contributed by atoms with Crippen molar-refractivity contribution >= 4 is 10.0 Å². The van der Waals surface area contributed by atoms with Crippen molar-refractivity contribution in [2.45, 2.75) is 39.1 Å². The number of hydrogen-bond donors (Lipinski definition) is 2. The molecule has 0 bridgehead atoms. The van der Waals surface area contributed by atoms with Gasteiger partial charge in [0.2, 0.25) is 10.0 Å². The Kier molecular flexibility index (Phi) is 6.17. The largest absolute Gasteiger partial charge is 0.326 e. The lowest BCUT2D eigenvalue weighted by atomic mass is 9.86. The van der Waals surface area contributed by atoms with E-state index in [0.29, 0.717) is 29.9 Å². The second kappa shape index (κ2) is 7.20. The van der Waals surface area contributed by atoms with Crippen LogP contribution in [0.4, 0.5) is 0 Å². The Morgan fingerprint density at radius 2 is 1.65 bits per heavy atom. The molecule has 0 amide bonds. The van der Waals surface area contributed by atoms with E-state index < -0.39 is 10.0 Å². The van der Waals surface area contributed by atoms with E-state index in [0.717, 1.165) is 0 Å². The number of nitrogens with one attached hydrogen (secondary N) is 1. The minimum absolute atomic E-state index is 0.217. The van der Waals surface area contributed by atoms with Crippen LogP contribution in [0.25, 0.3) is 0 Å². The first-order chi connectivity index (χ1) is 9.29. The molecular weight excluding hydrogens is 272 g/mol. The lowest BCUT2D eigenvalue weighted by molar-refractivity contribution is 0.289. The summed E-state index contributed by atoms with van der Waals surface area (Å²) in [5.74, 6) is 1.18. The molecule has 0 saturated carbocycles. The first kappa shape index (κ1) is 17.1. The minimum Gasteiger partial charge on any atom is -0.326 e. The van der Waals surface area contributed by atoms with Crippen LogP contribution in [-0.2, 0) is 16.6 Å². The molecule has 0 saturated heterocycles. The fraction of sp³-hybridized carbons (Fsp3) is 0.600. The molecule has 20 heavy (non-hydrogen) atoms. The molecule has 4 nitrogen and oxygen atoms in total. The van der Waals surface area contributed by atoms with Gasteiger partial charge >= 0.3 is 0 Å². The summed E-state index contributed by atoms with van der Waals surface area (Å²) in [5.41, 5.74) is 6.25. The van der Waals surface area contributed by atoms with Crippen LogP contribution in [0.15, 0.2) is 29.2 Å². The molecule has 0 aromatic heterocycles. The molecule has 3 N–H and O–H groups in total. The Bertz CT molecular complexity index is 516. The first-order valence-electron chi connectivity index (χ1n) is 7.07. The Hall–Kier alpha value is -0.910. The van der Waals surface area contributed by atoms with E-state index in [4.69, 9.17) is 5.73 Å². The normalized spacial score (nSPS) is 12.6. The summed E-state index contributed by atoms with van der Waals surface area (Å²) in [6.07, 6.45) is 0. The van der Waals surface area contributed by atoms with Crippen LogP contribution in [-0.4, -0.2) is 15.0 Å². The van der Waals surface area contributed by atoms with Crippen molar-refractivity contribution in [3.05, 3.63) is 29.8 Å². The van der Waals surface area contributed by atoms with Crippen molar-refractivity contribution in [1.82, 2.24) is 4.72 Å². The summed E-state index contributed by atoms with van der Waals surface area (Å²) in [6.45, 7) is 9.14. The standard InChI is InChI=1S/C15H26N2O2S/c1-11(2)14(12(3)4)10-17-20(18,19)15-8-6-5-7-13(15)9-16/h5-8,11-12,14,17H,9-10,16H2,1-4H3. The van der Waals surface area contributed by atoms with Gasteiger partial charge in [-0.05, 0) is 29.4 Å². The van der Waals surface area contributed by atoms with Gasteiger partial charge in [0.1, 0.15) is 0 Å². The Balaban J connectivity index is 2.90. The van der Waals surface area contributed by atoms with Gasteiger partial charge in [-0.15, -0.1) is 0 Å². The van der Waals surface area contributed by atoms with Gasteiger partial charge in [0.05, 0.1) is 4.90 Å². The molecule has 1 rings (SSSR count). The third-order valence-corrected chi connectivity index (χ3v) is 5.23. The van der Waals surface area contributed by atoms with Crippen LogP contribution in [0, 0.1) is 17.8 Å². The van der Waals surface area contributed by atoms with Gasteiger partial charge < -0.3 is 5.73 Å². The predicted octanol–water partition coefficient (Wildman–Crippen LogP) is 2.35. The summed E-state index contributed by atoms with van der Waals surface area (Å²) >= 11 is 0. The fourth-order valence-corrected chi connectivity index (χ4v) is 3.78. The highest BCUT2D eigenvalue weighted by atomic mass is 32.2. The molecule has 1 aromatic carbocycles. The Morgan fingerprint density at radius 1 is 1.10 bits per heavy atom. The second-order valence-electron chi connectivity index (χ2n) is 5.82. The Morgan fingerprint density at radius 3 is 2.15 bits per heavy atom. The summed E-state index contributed by atoms with van der Waals surface area (Å²) < 4.78 is 27.5. The Labute approximate surface area is 122 Å². The number of hydrogen-bond acceptors (Lipinski definition) is 3. The maximum Gasteiger partial charge on any atom is 0.240 e. The van der Waals surface area contributed by atoms with Crippen molar-refractivity contribution in [2.75, 3.05) is 6.54 Å². The molecule has 0 aliphatic carbocycles. The fourth-order valence-electron chi connectivity index (χ4n) is 2.46. The predicted molar refractivity (Wildman–Crippen MR) is 82.7 cm³/mol.